The summed E-state index contributed by atoms with van der Waals surface area (Å²) in [5.41, 5.74) is 4.17. The molecule has 0 bridgehead atoms. The Bertz CT molecular complexity index is 1160. The number of hydrogen-bond acceptors (Lipinski definition) is 5. The van der Waals surface area contributed by atoms with E-state index in [1.165, 1.54) is 22.2 Å². The molecule has 0 N–H and O–H groups in total. The van der Waals surface area contributed by atoms with Gasteiger partial charge < -0.3 is 9.13 Å². The van der Waals surface area contributed by atoms with Crippen molar-refractivity contribution in [1.82, 2.24) is 19.3 Å². The van der Waals surface area contributed by atoms with E-state index in [0.29, 0.717) is 5.75 Å². The molecule has 31 heavy (non-hydrogen) atoms. The van der Waals surface area contributed by atoms with E-state index in [2.05, 4.69) is 61.1 Å². The minimum Gasteiger partial charge on any atom is -0.351 e. The van der Waals surface area contributed by atoms with Gasteiger partial charge in [0, 0.05) is 41.8 Å². The lowest BCUT2D eigenvalue weighted by Crippen LogP contribution is -2.10. The Hall–Kier alpha value is -2.64. The quantitative estimate of drug-likeness (QED) is 0.263. The molecule has 3 heterocycles. The fourth-order valence-corrected chi connectivity index (χ4v) is 5.15. The van der Waals surface area contributed by atoms with Crippen LogP contribution < -0.4 is 0 Å². The minimum atomic E-state index is 0.128. The van der Waals surface area contributed by atoms with E-state index < -0.39 is 0 Å². The zero-order valence-electron chi connectivity index (χ0n) is 18.0. The molecule has 0 atom stereocenters. The first-order valence-electron chi connectivity index (χ1n) is 10.3. The molecule has 7 heteroatoms. The molecule has 0 fully saturated rings. The normalized spacial score (nSPS) is 11.2. The predicted octanol–water partition coefficient (Wildman–Crippen LogP) is 5.10. The van der Waals surface area contributed by atoms with Gasteiger partial charge in [-0.3, -0.25) is 4.79 Å². The average molecular weight is 451 g/mol. The number of aryl methyl sites for hydroxylation is 2. The van der Waals surface area contributed by atoms with Crippen molar-refractivity contribution in [1.29, 1.82) is 0 Å². The van der Waals surface area contributed by atoms with E-state index >= 15 is 0 Å². The molecule has 0 aliphatic heterocycles. The van der Waals surface area contributed by atoms with Gasteiger partial charge in [0.25, 0.3) is 0 Å². The van der Waals surface area contributed by atoms with Gasteiger partial charge in [-0.05, 0) is 43.3 Å². The van der Waals surface area contributed by atoms with Gasteiger partial charge in [0.1, 0.15) is 5.82 Å². The van der Waals surface area contributed by atoms with Crippen molar-refractivity contribution in [2.75, 3.05) is 5.75 Å². The Morgan fingerprint density at radius 2 is 1.90 bits per heavy atom. The van der Waals surface area contributed by atoms with Gasteiger partial charge >= 0.3 is 0 Å². The molecule has 0 radical (unpaired) electrons. The maximum absolute atomic E-state index is 12.9. The number of nitrogens with zero attached hydrogens (tertiary/aromatic N) is 4. The average Bonchev–Trinajstić information content (AvgIpc) is 3.49. The summed E-state index contributed by atoms with van der Waals surface area (Å²) in [7, 11) is 1.99. The lowest BCUT2D eigenvalue weighted by molar-refractivity contribution is 0.102. The van der Waals surface area contributed by atoms with E-state index in [-0.39, 0.29) is 5.78 Å². The van der Waals surface area contributed by atoms with Crippen LogP contribution in [0.3, 0.4) is 0 Å². The number of hydrogen-bond donors (Lipinski definition) is 0. The lowest BCUT2D eigenvalue weighted by Gasteiger charge is -2.10. The Morgan fingerprint density at radius 3 is 2.58 bits per heavy atom. The number of Topliss-reactive ketones (excluding diaryl/α,β-unsaturated/α-hetero) is 1. The van der Waals surface area contributed by atoms with Crippen molar-refractivity contribution in [3.63, 3.8) is 0 Å². The molecule has 5 nitrogen and oxygen atoms in total. The van der Waals surface area contributed by atoms with E-state index in [4.69, 9.17) is 0 Å². The molecule has 0 spiro atoms. The molecule has 0 unspecified atom stereocenters. The molecule has 0 amide bonds. The molecule has 160 valence electrons. The van der Waals surface area contributed by atoms with Crippen LogP contribution in [-0.4, -0.2) is 30.9 Å². The summed E-state index contributed by atoms with van der Waals surface area (Å²) in [5, 5.41) is 11.8. The number of carbonyl (C=O) groups is 1. The summed E-state index contributed by atoms with van der Waals surface area (Å²) in [6.45, 7) is 4.80. The molecule has 0 aliphatic carbocycles. The van der Waals surface area contributed by atoms with Crippen LogP contribution in [0.4, 0.5) is 0 Å². The van der Waals surface area contributed by atoms with Crippen molar-refractivity contribution in [3.05, 3.63) is 87.1 Å². The topological polar surface area (TPSA) is 52.7 Å². The standard InChI is InChI=1S/C24H26N4OS2/c1-17-14-21(18(2)27(17)3)22(29)16-31-24-26-25-23(15-20-10-7-13-30-20)28(24)12-11-19-8-5-4-6-9-19/h4-10,13-14H,11-12,15-16H2,1-3H3. The molecular weight excluding hydrogens is 424 g/mol. The maximum Gasteiger partial charge on any atom is 0.191 e. The summed E-state index contributed by atoms with van der Waals surface area (Å²) >= 11 is 3.20. The third kappa shape index (κ3) is 4.99. The molecule has 4 aromatic rings. The van der Waals surface area contributed by atoms with Crippen LogP contribution in [0.25, 0.3) is 0 Å². The fourth-order valence-electron chi connectivity index (χ4n) is 3.58. The summed E-state index contributed by atoms with van der Waals surface area (Å²) in [5.74, 6) is 1.43. The highest BCUT2D eigenvalue weighted by Crippen LogP contribution is 2.23. The van der Waals surface area contributed by atoms with Crippen LogP contribution in [0.5, 0.6) is 0 Å². The number of thioether (sulfide) groups is 1. The summed E-state index contributed by atoms with van der Waals surface area (Å²) in [4.78, 5) is 14.1. The number of ketones is 1. The van der Waals surface area contributed by atoms with Gasteiger partial charge in [0.15, 0.2) is 10.9 Å². The van der Waals surface area contributed by atoms with Crippen LogP contribution in [0.2, 0.25) is 0 Å². The second kappa shape index (κ2) is 9.66. The summed E-state index contributed by atoms with van der Waals surface area (Å²) in [6.07, 6.45) is 1.65. The Labute approximate surface area is 191 Å². The lowest BCUT2D eigenvalue weighted by atomic mass is 10.1. The minimum absolute atomic E-state index is 0.128. The Kier molecular flexibility index (Phi) is 6.73. The number of carbonyl (C=O) groups excluding carboxylic acids is 1. The van der Waals surface area contributed by atoms with Gasteiger partial charge in [-0.25, -0.2) is 0 Å². The second-order valence-corrected chi connectivity index (χ2v) is 9.57. The third-order valence-electron chi connectivity index (χ3n) is 5.58. The molecular formula is C24H26N4OS2. The zero-order chi connectivity index (χ0) is 21.8. The smallest absolute Gasteiger partial charge is 0.191 e. The largest absolute Gasteiger partial charge is 0.351 e. The second-order valence-electron chi connectivity index (χ2n) is 7.60. The van der Waals surface area contributed by atoms with Crippen LogP contribution in [0, 0.1) is 13.8 Å². The number of benzene rings is 1. The molecule has 0 saturated carbocycles. The van der Waals surface area contributed by atoms with E-state index in [9.17, 15) is 4.79 Å². The maximum atomic E-state index is 12.9. The first-order chi connectivity index (χ1) is 15.0. The van der Waals surface area contributed by atoms with Crippen molar-refractivity contribution in [3.8, 4) is 0 Å². The van der Waals surface area contributed by atoms with Crippen molar-refractivity contribution in [2.45, 2.75) is 38.4 Å². The van der Waals surface area contributed by atoms with Crippen molar-refractivity contribution < 1.29 is 4.79 Å². The van der Waals surface area contributed by atoms with Crippen molar-refractivity contribution >= 4 is 28.9 Å². The van der Waals surface area contributed by atoms with Crippen LogP contribution >= 0.6 is 23.1 Å². The van der Waals surface area contributed by atoms with E-state index in [1.807, 2.05) is 33.0 Å². The summed E-state index contributed by atoms with van der Waals surface area (Å²) < 4.78 is 4.23. The molecule has 0 saturated heterocycles. The molecule has 0 aliphatic rings. The van der Waals surface area contributed by atoms with Crippen LogP contribution in [-0.2, 0) is 26.4 Å². The number of aromatic nitrogens is 4. The van der Waals surface area contributed by atoms with Crippen molar-refractivity contribution in [2.24, 2.45) is 7.05 Å². The van der Waals surface area contributed by atoms with Crippen LogP contribution in [0.1, 0.15) is 38.0 Å². The Balaban J connectivity index is 1.52. The van der Waals surface area contributed by atoms with E-state index in [1.54, 1.807) is 11.3 Å². The predicted molar refractivity (Wildman–Crippen MR) is 127 cm³/mol. The molecule has 4 rings (SSSR count). The zero-order valence-corrected chi connectivity index (χ0v) is 19.7. The first kappa shape index (κ1) is 21.6. The first-order valence-corrected chi connectivity index (χ1v) is 12.2. The third-order valence-corrected chi connectivity index (χ3v) is 7.42. The highest BCUT2D eigenvalue weighted by atomic mass is 32.2. The van der Waals surface area contributed by atoms with Gasteiger partial charge in [0.2, 0.25) is 0 Å². The number of thiophene rings is 1. The SMILES string of the molecule is Cc1cc(C(=O)CSc2nnc(Cc3cccs3)n2CCc2ccccc2)c(C)n1C. The molecule has 3 aromatic heterocycles. The highest BCUT2D eigenvalue weighted by Gasteiger charge is 2.18. The van der Waals surface area contributed by atoms with Crippen LogP contribution in [0.15, 0.2) is 59.1 Å². The Morgan fingerprint density at radius 1 is 1.10 bits per heavy atom. The van der Waals surface area contributed by atoms with Gasteiger partial charge in [-0.15, -0.1) is 21.5 Å². The highest BCUT2D eigenvalue weighted by molar-refractivity contribution is 7.99. The van der Waals surface area contributed by atoms with Gasteiger partial charge in [-0.2, -0.15) is 0 Å². The number of rotatable bonds is 9. The fraction of sp³-hybridized carbons (Fsp3) is 0.292. The monoisotopic (exact) mass is 450 g/mol. The van der Waals surface area contributed by atoms with Gasteiger partial charge in [0.05, 0.1) is 5.75 Å². The van der Waals surface area contributed by atoms with Gasteiger partial charge in [-0.1, -0.05) is 48.2 Å². The summed E-state index contributed by atoms with van der Waals surface area (Å²) in [6, 6.07) is 16.6. The molecule has 1 aromatic carbocycles. The van der Waals surface area contributed by atoms with E-state index in [0.717, 1.165) is 47.3 Å².